The van der Waals surface area contributed by atoms with Crippen LogP contribution < -0.4 is 5.73 Å². The van der Waals surface area contributed by atoms with E-state index in [1.165, 1.54) is 0 Å². The van der Waals surface area contributed by atoms with Gasteiger partial charge in [-0.15, -0.1) is 0 Å². The van der Waals surface area contributed by atoms with Gasteiger partial charge in [-0.3, -0.25) is 0 Å². The monoisotopic (exact) mass is 210 g/mol. The summed E-state index contributed by atoms with van der Waals surface area (Å²) in [7, 11) is 0. The van der Waals surface area contributed by atoms with E-state index in [9.17, 15) is 0 Å². The third kappa shape index (κ3) is 1.32. The number of hydrogen-bond donors (Lipinski definition) is 2. The van der Waals surface area contributed by atoms with E-state index in [1.54, 1.807) is 12.4 Å². The molecule has 0 atom stereocenters. The summed E-state index contributed by atoms with van der Waals surface area (Å²) in [4.78, 5) is 11.4. The first kappa shape index (κ1) is 8.91. The maximum absolute atomic E-state index is 5.67. The van der Waals surface area contributed by atoms with E-state index in [0.29, 0.717) is 5.82 Å². The predicted octanol–water partition coefficient (Wildman–Crippen LogP) is 2.21. The number of nitrogen functional groups attached to an aromatic ring is 1. The lowest BCUT2D eigenvalue weighted by Crippen LogP contribution is -1.88. The molecular weight excluding hydrogens is 200 g/mol. The van der Waals surface area contributed by atoms with Crippen LogP contribution in [0.5, 0.6) is 0 Å². The van der Waals surface area contributed by atoms with Gasteiger partial charge in [0.1, 0.15) is 11.5 Å². The maximum Gasteiger partial charge on any atom is 0.137 e. The van der Waals surface area contributed by atoms with E-state index in [4.69, 9.17) is 5.73 Å². The van der Waals surface area contributed by atoms with Crippen molar-refractivity contribution in [1.29, 1.82) is 0 Å². The highest BCUT2D eigenvalue weighted by atomic mass is 14.8. The number of aromatic nitrogens is 3. The number of fused-ring (bicyclic) bond motifs is 1. The van der Waals surface area contributed by atoms with Gasteiger partial charge >= 0.3 is 0 Å². The molecule has 3 rings (SSSR count). The summed E-state index contributed by atoms with van der Waals surface area (Å²) in [6, 6.07) is 7.75. The Kier molecular flexibility index (Phi) is 1.86. The largest absolute Gasteiger partial charge is 0.384 e. The molecule has 3 aromatic heterocycles. The number of nitrogens with zero attached hydrogens (tertiary/aromatic N) is 2. The molecule has 0 aliphatic carbocycles. The van der Waals surface area contributed by atoms with Gasteiger partial charge in [-0.2, -0.15) is 0 Å². The lowest BCUT2D eigenvalue weighted by atomic mass is 10.1. The zero-order valence-corrected chi connectivity index (χ0v) is 8.51. The minimum Gasteiger partial charge on any atom is -0.384 e. The molecule has 0 unspecified atom stereocenters. The molecule has 0 amide bonds. The molecule has 0 saturated carbocycles. The van der Waals surface area contributed by atoms with Crippen LogP contribution in [0.25, 0.3) is 22.2 Å². The minimum atomic E-state index is 0.524. The van der Waals surface area contributed by atoms with E-state index in [-0.39, 0.29) is 0 Å². The SMILES string of the molecule is Nc1cc(-c2c[nH]c3ncccc23)ccn1. The van der Waals surface area contributed by atoms with Gasteiger partial charge in [0.05, 0.1) is 0 Å². The highest BCUT2D eigenvalue weighted by Crippen LogP contribution is 2.27. The molecule has 3 aromatic rings. The lowest BCUT2D eigenvalue weighted by Gasteiger charge is -1.99. The Bertz CT molecular complexity index is 642. The molecule has 0 aliphatic rings. The Labute approximate surface area is 92.2 Å². The zero-order chi connectivity index (χ0) is 11.0. The summed E-state index contributed by atoms with van der Waals surface area (Å²) in [5.41, 5.74) is 8.70. The number of anilines is 1. The Hall–Kier alpha value is -2.36. The topological polar surface area (TPSA) is 67.6 Å². The average Bonchev–Trinajstić information content (AvgIpc) is 2.72. The molecule has 3 N–H and O–H groups in total. The van der Waals surface area contributed by atoms with Crippen LogP contribution in [-0.4, -0.2) is 15.0 Å². The van der Waals surface area contributed by atoms with Gasteiger partial charge in [-0.05, 0) is 29.8 Å². The van der Waals surface area contributed by atoms with Crippen molar-refractivity contribution in [2.75, 3.05) is 5.73 Å². The molecule has 0 fully saturated rings. The fourth-order valence-electron chi connectivity index (χ4n) is 1.81. The van der Waals surface area contributed by atoms with Crippen molar-refractivity contribution in [2.45, 2.75) is 0 Å². The van der Waals surface area contributed by atoms with Crippen molar-refractivity contribution >= 4 is 16.9 Å². The number of hydrogen-bond acceptors (Lipinski definition) is 3. The Balaban J connectivity index is 2.26. The van der Waals surface area contributed by atoms with Crippen LogP contribution in [0.3, 0.4) is 0 Å². The van der Waals surface area contributed by atoms with E-state index < -0.39 is 0 Å². The molecule has 0 bridgehead atoms. The molecule has 16 heavy (non-hydrogen) atoms. The fraction of sp³-hybridized carbons (Fsp3) is 0. The molecule has 0 aromatic carbocycles. The van der Waals surface area contributed by atoms with E-state index in [2.05, 4.69) is 15.0 Å². The fourth-order valence-corrected chi connectivity index (χ4v) is 1.81. The standard InChI is InChI=1S/C12H10N4/c13-11-6-8(3-5-14-11)10-7-16-12-9(10)2-1-4-15-12/h1-7H,(H2,13,14)(H,15,16). The highest BCUT2D eigenvalue weighted by molar-refractivity contribution is 5.93. The van der Waals surface area contributed by atoms with Crippen molar-refractivity contribution < 1.29 is 0 Å². The van der Waals surface area contributed by atoms with Gasteiger partial charge in [0.2, 0.25) is 0 Å². The third-order valence-corrected chi connectivity index (χ3v) is 2.54. The molecule has 0 spiro atoms. The van der Waals surface area contributed by atoms with Gasteiger partial charge in [0.25, 0.3) is 0 Å². The average molecular weight is 210 g/mol. The summed E-state index contributed by atoms with van der Waals surface area (Å²) in [6.07, 6.45) is 5.41. The number of nitrogens with one attached hydrogen (secondary N) is 1. The van der Waals surface area contributed by atoms with Gasteiger partial charge in [0.15, 0.2) is 0 Å². The third-order valence-electron chi connectivity index (χ3n) is 2.54. The van der Waals surface area contributed by atoms with Crippen LogP contribution >= 0.6 is 0 Å². The van der Waals surface area contributed by atoms with Crippen LogP contribution in [0, 0.1) is 0 Å². The van der Waals surface area contributed by atoms with Crippen LogP contribution in [0.15, 0.2) is 42.9 Å². The highest BCUT2D eigenvalue weighted by Gasteiger charge is 2.06. The number of aromatic amines is 1. The molecule has 3 heterocycles. The van der Waals surface area contributed by atoms with Crippen LogP contribution in [0.4, 0.5) is 5.82 Å². The van der Waals surface area contributed by atoms with Crippen LogP contribution in [0.2, 0.25) is 0 Å². The van der Waals surface area contributed by atoms with Crippen molar-refractivity contribution in [2.24, 2.45) is 0 Å². The Morgan fingerprint density at radius 3 is 2.94 bits per heavy atom. The first-order valence-corrected chi connectivity index (χ1v) is 4.98. The second kappa shape index (κ2) is 3.34. The normalized spacial score (nSPS) is 10.8. The van der Waals surface area contributed by atoms with Crippen molar-refractivity contribution in [3.05, 3.63) is 42.9 Å². The molecule has 0 saturated heterocycles. The van der Waals surface area contributed by atoms with Gasteiger partial charge < -0.3 is 10.7 Å². The van der Waals surface area contributed by atoms with Gasteiger partial charge in [-0.25, -0.2) is 9.97 Å². The number of pyridine rings is 2. The van der Waals surface area contributed by atoms with Crippen LogP contribution in [-0.2, 0) is 0 Å². The number of nitrogens with two attached hydrogens (primary N) is 1. The summed E-state index contributed by atoms with van der Waals surface area (Å²) in [5.74, 6) is 0.524. The quantitative estimate of drug-likeness (QED) is 0.647. The van der Waals surface area contributed by atoms with E-state index >= 15 is 0 Å². The summed E-state index contributed by atoms with van der Waals surface area (Å²) >= 11 is 0. The molecule has 4 nitrogen and oxygen atoms in total. The summed E-state index contributed by atoms with van der Waals surface area (Å²) < 4.78 is 0. The van der Waals surface area contributed by atoms with Crippen molar-refractivity contribution in [3.63, 3.8) is 0 Å². The lowest BCUT2D eigenvalue weighted by molar-refractivity contribution is 1.32. The first-order valence-electron chi connectivity index (χ1n) is 4.98. The first-order chi connectivity index (χ1) is 7.84. The van der Waals surface area contributed by atoms with Crippen molar-refractivity contribution in [3.8, 4) is 11.1 Å². The molecule has 78 valence electrons. The van der Waals surface area contributed by atoms with Crippen molar-refractivity contribution in [1.82, 2.24) is 15.0 Å². The zero-order valence-electron chi connectivity index (χ0n) is 8.51. The minimum absolute atomic E-state index is 0.524. The summed E-state index contributed by atoms with van der Waals surface area (Å²) in [6.45, 7) is 0. The predicted molar refractivity (Wildman–Crippen MR) is 63.7 cm³/mol. The molecule has 0 radical (unpaired) electrons. The maximum atomic E-state index is 5.67. The van der Waals surface area contributed by atoms with Gasteiger partial charge in [0, 0.05) is 29.5 Å². The number of H-pyrrole nitrogens is 1. The van der Waals surface area contributed by atoms with E-state index in [0.717, 1.165) is 22.2 Å². The molecule has 4 heteroatoms. The van der Waals surface area contributed by atoms with Gasteiger partial charge in [-0.1, -0.05) is 0 Å². The number of rotatable bonds is 1. The smallest absolute Gasteiger partial charge is 0.137 e. The molecular formula is C12H10N4. The Morgan fingerprint density at radius 2 is 2.06 bits per heavy atom. The Morgan fingerprint density at radius 1 is 1.12 bits per heavy atom. The molecule has 0 aliphatic heterocycles. The van der Waals surface area contributed by atoms with Crippen LogP contribution in [0.1, 0.15) is 0 Å². The summed E-state index contributed by atoms with van der Waals surface area (Å²) in [5, 5.41) is 1.09. The van der Waals surface area contributed by atoms with E-state index in [1.807, 2.05) is 30.5 Å². The second-order valence-corrected chi connectivity index (χ2v) is 3.57. The second-order valence-electron chi connectivity index (χ2n) is 3.57.